The Balaban J connectivity index is 1.20. The van der Waals surface area contributed by atoms with E-state index in [1.807, 2.05) is 65.2 Å². The van der Waals surface area contributed by atoms with Gasteiger partial charge < -0.3 is 19.3 Å². The molecule has 11 heteroatoms. The number of aryl methyl sites for hydroxylation is 1. The summed E-state index contributed by atoms with van der Waals surface area (Å²) < 4.78 is 7.28. The number of carboxylic acid groups (broad SMARTS) is 1. The van der Waals surface area contributed by atoms with E-state index in [0.29, 0.717) is 31.0 Å². The number of anilines is 1. The number of tetrazole rings is 1. The van der Waals surface area contributed by atoms with E-state index in [1.165, 1.54) is 0 Å². The van der Waals surface area contributed by atoms with E-state index in [0.717, 1.165) is 72.1 Å². The van der Waals surface area contributed by atoms with Crippen LogP contribution in [0, 0.1) is 0 Å². The van der Waals surface area contributed by atoms with Gasteiger partial charge in [0, 0.05) is 63.0 Å². The van der Waals surface area contributed by atoms with Crippen LogP contribution in [0.3, 0.4) is 0 Å². The Bertz CT molecular complexity index is 1710. The molecule has 1 aliphatic heterocycles. The van der Waals surface area contributed by atoms with E-state index in [9.17, 15) is 9.90 Å². The fourth-order valence-electron chi connectivity index (χ4n) is 5.85. The van der Waals surface area contributed by atoms with Gasteiger partial charge in [0.25, 0.3) is 0 Å². The molecule has 6 rings (SSSR count). The number of aromatic amines is 1. The Morgan fingerprint density at radius 3 is 2.41 bits per heavy atom. The number of H-pyrrole nitrogens is 1. The number of piperazine rings is 1. The number of ether oxygens (including phenoxy) is 1. The highest BCUT2D eigenvalue weighted by Gasteiger charge is 2.26. The molecule has 5 aromatic rings. The number of benzene rings is 3. The molecule has 2 N–H and O–H groups in total. The van der Waals surface area contributed by atoms with Crippen molar-refractivity contribution < 1.29 is 14.6 Å². The van der Waals surface area contributed by atoms with Crippen LogP contribution < -0.4 is 9.64 Å². The minimum Gasteiger partial charge on any atom is -0.497 e. The van der Waals surface area contributed by atoms with Gasteiger partial charge in [-0.1, -0.05) is 61.5 Å². The number of carboxylic acids is 1. The molecule has 0 bridgehead atoms. The van der Waals surface area contributed by atoms with Crippen LogP contribution in [-0.4, -0.2) is 79.4 Å². The molecule has 11 nitrogen and oxygen atoms in total. The summed E-state index contributed by atoms with van der Waals surface area (Å²) in [7, 11) is 1.68. The first-order valence-electron chi connectivity index (χ1n) is 14.9. The molecule has 0 saturated carbocycles. The van der Waals surface area contributed by atoms with Gasteiger partial charge in [-0.05, 0) is 40.5 Å². The smallest absolute Gasteiger partial charge is 0.354 e. The van der Waals surface area contributed by atoms with Gasteiger partial charge in [-0.15, -0.1) is 10.2 Å². The summed E-state index contributed by atoms with van der Waals surface area (Å²) >= 11 is 0. The summed E-state index contributed by atoms with van der Waals surface area (Å²) in [5.41, 5.74) is 5.93. The highest BCUT2D eigenvalue weighted by atomic mass is 16.5. The Kier molecular flexibility index (Phi) is 8.64. The van der Waals surface area contributed by atoms with Crippen molar-refractivity contribution in [1.29, 1.82) is 0 Å². The molecule has 0 spiro atoms. The zero-order valence-electron chi connectivity index (χ0n) is 25.0. The Morgan fingerprint density at radius 1 is 0.955 bits per heavy atom. The van der Waals surface area contributed by atoms with E-state index in [-0.39, 0.29) is 5.69 Å². The molecule has 0 unspecified atom stereocenters. The Labute approximate surface area is 256 Å². The van der Waals surface area contributed by atoms with Crippen molar-refractivity contribution in [3.8, 4) is 28.3 Å². The van der Waals surface area contributed by atoms with Crippen molar-refractivity contribution in [3.05, 3.63) is 95.6 Å². The van der Waals surface area contributed by atoms with E-state index in [2.05, 4.69) is 49.5 Å². The average Bonchev–Trinajstić information content (AvgIpc) is 3.71. The number of methoxy groups -OCH3 is 1. The third-order valence-electron chi connectivity index (χ3n) is 8.08. The van der Waals surface area contributed by atoms with Crippen LogP contribution in [0.1, 0.15) is 40.9 Å². The maximum atomic E-state index is 12.7. The van der Waals surface area contributed by atoms with Gasteiger partial charge >= 0.3 is 5.97 Å². The number of carbonyl (C=O) groups is 1. The summed E-state index contributed by atoms with van der Waals surface area (Å²) in [6.07, 6.45) is 1.58. The van der Waals surface area contributed by atoms with Gasteiger partial charge in [-0.3, -0.25) is 4.90 Å². The Morgan fingerprint density at radius 2 is 1.73 bits per heavy atom. The first-order chi connectivity index (χ1) is 21.5. The molecule has 1 aliphatic rings. The molecule has 2 aromatic heterocycles. The molecule has 226 valence electrons. The average molecular weight is 593 g/mol. The molecule has 44 heavy (non-hydrogen) atoms. The topological polar surface area (TPSA) is 125 Å². The second kappa shape index (κ2) is 13.1. The van der Waals surface area contributed by atoms with Crippen molar-refractivity contribution in [2.45, 2.75) is 32.9 Å². The quantitative estimate of drug-likeness (QED) is 0.223. The predicted molar refractivity (Wildman–Crippen MR) is 168 cm³/mol. The molecule has 0 amide bonds. The van der Waals surface area contributed by atoms with Crippen molar-refractivity contribution >= 4 is 11.7 Å². The number of rotatable bonds is 11. The van der Waals surface area contributed by atoms with E-state index >= 15 is 0 Å². The summed E-state index contributed by atoms with van der Waals surface area (Å²) in [5, 5.41) is 24.9. The van der Waals surface area contributed by atoms with Crippen LogP contribution in [0.2, 0.25) is 0 Å². The second-order valence-corrected chi connectivity index (χ2v) is 10.9. The van der Waals surface area contributed by atoms with Crippen molar-refractivity contribution in [1.82, 2.24) is 35.1 Å². The maximum Gasteiger partial charge on any atom is 0.354 e. The van der Waals surface area contributed by atoms with Crippen LogP contribution in [-0.2, 0) is 19.5 Å². The van der Waals surface area contributed by atoms with Gasteiger partial charge in [-0.2, -0.15) is 5.21 Å². The zero-order chi connectivity index (χ0) is 30.5. The summed E-state index contributed by atoms with van der Waals surface area (Å²) in [6.45, 7) is 6.36. The number of aromatic carboxylic acids is 1. The summed E-state index contributed by atoms with van der Waals surface area (Å²) in [6, 6.07) is 24.2. The van der Waals surface area contributed by atoms with Crippen LogP contribution >= 0.6 is 0 Å². The molecular formula is C33H36N8O3. The predicted octanol–water partition coefficient (Wildman–Crippen LogP) is 4.76. The van der Waals surface area contributed by atoms with Crippen molar-refractivity contribution in [2.75, 3.05) is 38.2 Å². The summed E-state index contributed by atoms with van der Waals surface area (Å²) in [4.78, 5) is 22.2. The summed E-state index contributed by atoms with van der Waals surface area (Å²) in [5.74, 6) is 1.23. The van der Waals surface area contributed by atoms with Crippen LogP contribution in [0.4, 0.5) is 5.69 Å². The largest absolute Gasteiger partial charge is 0.497 e. The van der Waals surface area contributed by atoms with E-state index in [4.69, 9.17) is 9.72 Å². The molecular weight excluding hydrogens is 556 g/mol. The SMILES string of the molecule is CCCc1nc(CN2CCN(c3cccc(OC)c3)CC2)c(C(=O)O)n1Cc1ccc(-c2ccccc2-c2nn[nH]n2)cc1. The lowest BCUT2D eigenvalue weighted by Crippen LogP contribution is -2.46. The number of nitrogens with zero attached hydrogens (tertiary/aromatic N) is 7. The van der Waals surface area contributed by atoms with Crippen molar-refractivity contribution in [2.24, 2.45) is 0 Å². The molecule has 0 atom stereocenters. The highest BCUT2D eigenvalue weighted by molar-refractivity contribution is 5.87. The van der Waals surface area contributed by atoms with Gasteiger partial charge in [0.2, 0.25) is 5.82 Å². The normalized spacial score (nSPS) is 13.7. The number of hydrogen-bond acceptors (Lipinski definition) is 8. The number of aromatic nitrogens is 6. The first kappa shape index (κ1) is 29.1. The number of hydrogen-bond donors (Lipinski definition) is 2. The second-order valence-electron chi connectivity index (χ2n) is 10.9. The minimum atomic E-state index is -0.949. The van der Waals surface area contributed by atoms with Crippen molar-refractivity contribution in [3.63, 3.8) is 0 Å². The van der Waals surface area contributed by atoms with E-state index in [1.54, 1.807) is 7.11 Å². The van der Waals surface area contributed by atoms with Crippen LogP contribution in [0.5, 0.6) is 5.75 Å². The fourth-order valence-corrected chi connectivity index (χ4v) is 5.85. The first-order valence-corrected chi connectivity index (χ1v) is 14.9. The van der Waals surface area contributed by atoms with Gasteiger partial charge in [0.15, 0.2) is 5.69 Å². The lowest BCUT2D eigenvalue weighted by atomic mass is 9.98. The van der Waals surface area contributed by atoms with Gasteiger partial charge in [0.05, 0.1) is 12.8 Å². The molecule has 3 heterocycles. The monoisotopic (exact) mass is 592 g/mol. The minimum absolute atomic E-state index is 0.273. The molecule has 0 aliphatic carbocycles. The third-order valence-corrected chi connectivity index (χ3v) is 8.08. The van der Waals surface area contributed by atoms with Crippen LogP contribution in [0.25, 0.3) is 22.5 Å². The lowest BCUT2D eigenvalue weighted by molar-refractivity contribution is 0.0682. The molecule has 1 saturated heterocycles. The van der Waals surface area contributed by atoms with Crippen LogP contribution in [0.15, 0.2) is 72.8 Å². The number of imidazole rings is 1. The molecule has 3 aromatic carbocycles. The maximum absolute atomic E-state index is 12.7. The van der Waals surface area contributed by atoms with E-state index < -0.39 is 5.97 Å². The Hall–Kier alpha value is -5.03. The molecule has 1 fully saturated rings. The fraction of sp³-hybridized carbons (Fsp3) is 0.303. The zero-order valence-corrected chi connectivity index (χ0v) is 25.0. The van der Waals surface area contributed by atoms with Gasteiger partial charge in [0.1, 0.15) is 11.6 Å². The molecule has 0 radical (unpaired) electrons. The third kappa shape index (κ3) is 6.18. The standard InChI is InChI=1S/C33H36N8O3/c1-3-7-30-34-29(22-39-16-18-40(19-17-39)25-8-6-9-26(20-25)44-2)31(33(42)43)41(30)21-23-12-14-24(15-13-23)27-10-4-5-11-28(27)32-35-37-38-36-32/h4-6,8-15,20H,3,7,16-19,21-22H2,1-2H3,(H,42,43)(H,35,36,37,38). The van der Waals surface area contributed by atoms with Gasteiger partial charge in [-0.25, -0.2) is 9.78 Å². The lowest BCUT2D eigenvalue weighted by Gasteiger charge is -2.36. The number of nitrogens with one attached hydrogen (secondary N) is 1. The highest BCUT2D eigenvalue weighted by Crippen LogP contribution is 2.30.